The zero-order valence-corrected chi connectivity index (χ0v) is 15.6. The summed E-state index contributed by atoms with van der Waals surface area (Å²) in [5, 5.41) is 6.72. The molecule has 1 aromatic rings. The molecule has 1 heterocycles. The van der Waals surface area contributed by atoms with Crippen molar-refractivity contribution in [1.29, 1.82) is 0 Å². The van der Waals surface area contributed by atoms with E-state index in [1.807, 2.05) is 19.2 Å². The minimum Gasteiger partial charge on any atom is -0.494 e. The van der Waals surface area contributed by atoms with Crippen LogP contribution < -0.4 is 15.4 Å². The van der Waals surface area contributed by atoms with Crippen LogP contribution in [0, 0.1) is 6.92 Å². The molecule has 1 saturated heterocycles. The maximum atomic E-state index is 5.74. The van der Waals surface area contributed by atoms with Crippen molar-refractivity contribution >= 4 is 5.96 Å². The molecule has 0 aromatic heterocycles. The molecular formula is C19H32N4O2. The van der Waals surface area contributed by atoms with Crippen LogP contribution in [0.15, 0.2) is 29.3 Å². The van der Waals surface area contributed by atoms with E-state index in [4.69, 9.17) is 9.47 Å². The van der Waals surface area contributed by atoms with E-state index in [0.29, 0.717) is 0 Å². The molecule has 1 fully saturated rings. The highest BCUT2D eigenvalue weighted by Gasteiger charge is 2.09. The molecule has 0 bridgehead atoms. The van der Waals surface area contributed by atoms with Gasteiger partial charge in [-0.05, 0) is 31.9 Å². The Bertz CT molecular complexity index is 499. The minimum absolute atomic E-state index is 0.744. The number of hydrogen-bond donors (Lipinski definition) is 2. The second kappa shape index (κ2) is 11.7. The second-order valence-electron chi connectivity index (χ2n) is 6.25. The smallest absolute Gasteiger partial charge is 0.191 e. The van der Waals surface area contributed by atoms with Crippen LogP contribution in [0.4, 0.5) is 0 Å². The van der Waals surface area contributed by atoms with Crippen LogP contribution in [-0.2, 0) is 4.74 Å². The first-order valence-electron chi connectivity index (χ1n) is 9.22. The van der Waals surface area contributed by atoms with Crippen molar-refractivity contribution < 1.29 is 9.47 Å². The van der Waals surface area contributed by atoms with Crippen LogP contribution in [0.25, 0.3) is 0 Å². The van der Waals surface area contributed by atoms with Gasteiger partial charge in [0.2, 0.25) is 0 Å². The molecule has 0 atom stereocenters. The van der Waals surface area contributed by atoms with E-state index in [9.17, 15) is 0 Å². The van der Waals surface area contributed by atoms with Crippen LogP contribution in [0.3, 0.4) is 0 Å². The van der Waals surface area contributed by atoms with Crippen molar-refractivity contribution in [3.05, 3.63) is 29.8 Å². The molecule has 0 aliphatic carbocycles. The molecule has 25 heavy (non-hydrogen) atoms. The maximum Gasteiger partial charge on any atom is 0.191 e. The first-order chi connectivity index (χ1) is 12.3. The summed E-state index contributed by atoms with van der Waals surface area (Å²) in [5.74, 6) is 1.81. The summed E-state index contributed by atoms with van der Waals surface area (Å²) in [6, 6.07) is 8.19. The maximum absolute atomic E-state index is 5.74. The normalized spacial score (nSPS) is 15.8. The summed E-state index contributed by atoms with van der Waals surface area (Å²) in [7, 11) is 1.81. The van der Waals surface area contributed by atoms with E-state index < -0.39 is 0 Å². The van der Waals surface area contributed by atoms with Gasteiger partial charge in [0.15, 0.2) is 5.96 Å². The summed E-state index contributed by atoms with van der Waals surface area (Å²) in [5.41, 5.74) is 1.25. The first kappa shape index (κ1) is 19.5. The number of aliphatic imine (C=N–C) groups is 1. The van der Waals surface area contributed by atoms with Gasteiger partial charge in [-0.15, -0.1) is 0 Å². The number of unbranched alkanes of at least 4 members (excludes halogenated alkanes) is 1. The van der Waals surface area contributed by atoms with Crippen LogP contribution in [0.5, 0.6) is 5.75 Å². The Morgan fingerprint density at radius 1 is 1.12 bits per heavy atom. The Morgan fingerprint density at radius 3 is 2.56 bits per heavy atom. The Morgan fingerprint density at radius 2 is 1.84 bits per heavy atom. The standard InChI is InChI=1S/C19H32N4O2/c1-17-5-7-18(8-6-17)25-14-4-3-9-21-19(20-2)22-10-11-23-12-15-24-16-13-23/h5-8H,3-4,9-16H2,1-2H3,(H2,20,21,22). The molecule has 0 amide bonds. The van der Waals surface area contributed by atoms with Crippen molar-refractivity contribution in [2.24, 2.45) is 4.99 Å². The van der Waals surface area contributed by atoms with Gasteiger partial charge in [0.1, 0.15) is 5.75 Å². The molecule has 2 N–H and O–H groups in total. The van der Waals surface area contributed by atoms with Gasteiger partial charge in [-0.1, -0.05) is 17.7 Å². The van der Waals surface area contributed by atoms with Crippen LogP contribution in [0.2, 0.25) is 0 Å². The minimum atomic E-state index is 0.744. The molecule has 0 saturated carbocycles. The number of rotatable bonds is 9. The Balaban J connectivity index is 1.48. The third kappa shape index (κ3) is 8.23. The number of benzene rings is 1. The summed E-state index contributed by atoms with van der Waals surface area (Å²) in [4.78, 5) is 6.67. The van der Waals surface area contributed by atoms with Crippen molar-refractivity contribution in [3.63, 3.8) is 0 Å². The lowest BCUT2D eigenvalue weighted by Crippen LogP contribution is -2.44. The fraction of sp³-hybridized carbons (Fsp3) is 0.632. The number of nitrogens with zero attached hydrogens (tertiary/aromatic N) is 2. The molecular weight excluding hydrogens is 316 g/mol. The molecule has 1 aliphatic heterocycles. The van der Waals surface area contributed by atoms with E-state index in [2.05, 4.69) is 39.6 Å². The molecule has 1 aromatic carbocycles. The summed E-state index contributed by atoms with van der Waals surface area (Å²) < 4.78 is 11.1. The van der Waals surface area contributed by atoms with Crippen molar-refractivity contribution in [3.8, 4) is 5.75 Å². The number of aryl methyl sites for hydroxylation is 1. The van der Waals surface area contributed by atoms with Crippen LogP contribution in [-0.4, -0.2) is 70.5 Å². The fourth-order valence-electron chi connectivity index (χ4n) is 2.64. The van der Waals surface area contributed by atoms with E-state index in [-0.39, 0.29) is 0 Å². The molecule has 2 rings (SSSR count). The van der Waals surface area contributed by atoms with E-state index in [1.165, 1.54) is 5.56 Å². The number of hydrogen-bond acceptors (Lipinski definition) is 4. The van der Waals surface area contributed by atoms with Gasteiger partial charge in [0, 0.05) is 39.8 Å². The molecule has 0 radical (unpaired) electrons. The van der Waals surface area contributed by atoms with Crippen LogP contribution >= 0.6 is 0 Å². The van der Waals surface area contributed by atoms with Crippen molar-refractivity contribution in [1.82, 2.24) is 15.5 Å². The summed E-state index contributed by atoms with van der Waals surface area (Å²) in [6.07, 6.45) is 2.07. The van der Waals surface area contributed by atoms with Crippen LogP contribution in [0.1, 0.15) is 18.4 Å². The van der Waals surface area contributed by atoms with E-state index in [0.717, 1.165) is 77.1 Å². The lowest BCUT2D eigenvalue weighted by molar-refractivity contribution is 0.0389. The lowest BCUT2D eigenvalue weighted by Gasteiger charge is -2.26. The highest BCUT2D eigenvalue weighted by molar-refractivity contribution is 5.79. The van der Waals surface area contributed by atoms with Gasteiger partial charge >= 0.3 is 0 Å². The summed E-state index contributed by atoms with van der Waals surface area (Å²) >= 11 is 0. The van der Waals surface area contributed by atoms with Gasteiger partial charge < -0.3 is 20.1 Å². The average molecular weight is 348 g/mol. The van der Waals surface area contributed by atoms with Gasteiger partial charge in [-0.2, -0.15) is 0 Å². The van der Waals surface area contributed by atoms with Crippen molar-refractivity contribution in [2.45, 2.75) is 19.8 Å². The zero-order valence-electron chi connectivity index (χ0n) is 15.6. The first-order valence-corrected chi connectivity index (χ1v) is 9.22. The SMILES string of the molecule is CN=C(NCCCCOc1ccc(C)cc1)NCCN1CCOCC1. The predicted molar refractivity (Wildman–Crippen MR) is 103 cm³/mol. The molecule has 0 spiro atoms. The second-order valence-corrected chi connectivity index (χ2v) is 6.25. The van der Waals surface area contributed by atoms with Gasteiger partial charge in [-0.3, -0.25) is 9.89 Å². The number of morpholine rings is 1. The lowest BCUT2D eigenvalue weighted by atomic mass is 10.2. The molecule has 6 nitrogen and oxygen atoms in total. The third-order valence-corrected chi connectivity index (χ3v) is 4.20. The Hall–Kier alpha value is -1.79. The number of guanidine groups is 1. The van der Waals surface area contributed by atoms with Gasteiger partial charge in [0.05, 0.1) is 19.8 Å². The van der Waals surface area contributed by atoms with Crippen molar-refractivity contribution in [2.75, 3.05) is 59.6 Å². The summed E-state index contributed by atoms with van der Waals surface area (Å²) in [6.45, 7) is 9.38. The average Bonchev–Trinajstić information content (AvgIpc) is 2.65. The highest BCUT2D eigenvalue weighted by atomic mass is 16.5. The largest absolute Gasteiger partial charge is 0.494 e. The topological polar surface area (TPSA) is 58.1 Å². The van der Waals surface area contributed by atoms with E-state index in [1.54, 1.807) is 0 Å². The molecule has 1 aliphatic rings. The Kier molecular flexibility index (Phi) is 9.15. The Labute approximate surface area is 151 Å². The molecule has 140 valence electrons. The third-order valence-electron chi connectivity index (χ3n) is 4.20. The zero-order chi connectivity index (χ0) is 17.7. The molecule has 6 heteroatoms. The molecule has 0 unspecified atom stereocenters. The van der Waals surface area contributed by atoms with Gasteiger partial charge in [0.25, 0.3) is 0 Å². The number of ether oxygens (including phenoxy) is 2. The van der Waals surface area contributed by atoms with E-state index >= 15 is 0 Å². The predicted octanol–water partition coefficient (Wildman–Crippen LogP) is 1.65. The monoisotopic (exact) mass is 348 g/mol. The highest BCUT2D eigenvalue weighted by Crippen LogP contribution is 2.11. The fourth-order valence-corrected chi connectivity index (χ4v) is 2.64. The number of nitrogens with one attached hydrogen (secondary N) is 2. The quantitative estimate of drug-likeness (QED) is 0.404. The van der Waals surface area contributed by atoms with Gasteiger partial charge in [-0.25, -0.2) is 0 Å².